The predicted molar refractivity (Wildman–Crippen MR) is 125 cm³/mol. The average molecular weight is 509 g/mol. The standard InChI is InChI=1S/C24H20Cl3NO5/c1-31-24(30)21-19(20-17(29)7-4-8-18(20)33-23(21)28)13-9-15(26)22(16(27)10-13)32-11-12-5-2-3-6-14(12)25/h2-3,5-6,9-10,19H,4,7-8,11,28H2,1H3/t19-/m1/s1. The number of ketones is 1. The summed E-state index contributed by atoms with van der Waals surface area (Å²) in [7, 11) is 1.23. The Morgan fingerprint density at radius 1 is 1.12 bits per heavy atom. The number of methoxy groups -OCH3 is 1. The van der Waals surface area contributed by atoms with Crippen LogP contribution >= 0.6 is 34.8 Å². The molecule has 4 rings (SSSR count). The Balaban J connectivity index is 1.75. The van der Waals surface area contributed by atoms with Crippen LogP contribution in [0, 0.1) is 0 Å². The zero-order chi connectivity index (χ0) is 23.7. The monoisotopic (exact) mass is 507 g/mol. The maximum Gasteiger partial charge on any atom is 0.340 e. The van der Waals surface area contributed by atoms with E-state index in [0.29, 0.717) is 41.2 Å². The van der Waals surface area contributed by atoms with Crippen molar-refractivity contribution in [3.05, 3.63) is 85.4 Å². The topological polar surface area (TPSA) is 87.9 Å². The maximum absolute atomic E-state index is 12.8. The predicted octanol–water partition coefficient (Wildman–Crippen LogP) is 5.69. The number of carbonyl (C=O) groups is 2. The summed E-state index contributed by atoms with van der Waals surface area (Å²) in [6, 6.07) is 10.5. The van der Waals surface area contributed by atoms with Crippen molar-refractivity contribution in [3.8, 4) is 5.75 Å². The van der Waals surface area contributed by atoms with Gasteiger partial charge in [-0.05, 0) is 30.2 Å². The zero-order valence-corrected chi connectivity index (χ0v) is 19.9. The molecule has 1 atom stereocenters. The van der Waals surface area contributed by atoms with Crippen molar-refractivity contribution >= 4 is 46.6 Å². The van der Waals surface area contributed by atoms with Gasteiger partial charge in [-0.25, -0.2) is 4.79 Å². The van der Waals surface area contributed by atoms with Gasteiger partial charge in [-0.15, -0.1) is 0 Å². The summed E-state index contributed by atoms with van der Waals surface area (Å²) in [6.45, 7) is 0.157. The Morgan fingerprint density at radius 2 is 1.82 bits per heavy atom. The molecule has 1 aliphatic heterocycles. The molecule has 0 radical (unpaired) electrons. The van der Waals surface area contributed by atoms with E-state index in [4.69, 9.17) is 54.7 Å². The van der Waals surface area contributed by atoms with Crippen molar-refractivity contribution < 1.29 is 23.8 Å². The Labute approximate surface area is 205 Å². The molecule has 0 saturated heterocycles. The van der Waals surface area contributed by atoms with E-state index in [1.54, 1.807) is 18.2 Å². The highest BCUT2D eigenvalue weighted by molar-refractivity contribution is 6.37. The third-order valence-electron chi connectivity index (χ3n) is 5.57. The van der Waals surface area contributed by atoms with Crippen LogP contribution in [-0.4, -0.2) is 18.9 Å². The van der Waals surface area contributed by atoms with Gasteiger partial charge in [-0.3, -0.25) is 4.79 Å². The second-order valence-electron chi connectivity index (χ2n) is 7.61. The fraction of sp³-hybridized carbons (Fsp3) is 0.250. The first kappa shape index (κ1) is 23.5. The molecular formula is C24H20Cl3NO5. The van der Waals surface area contributed by atoms with Gasteiger partial charge >= 0.3 is 5.97 Å². The van der Waals surface area contributed by atoms with Crippen LogP contribution in [0.1, 0.15) is 36.3 Å². The van der Waals surface area contributed by atoms with E-state index < -0.39 is 11.9 Å². The SMILES string of the molecule is COC(=O)C1=C(N)OC2=C(C(=O)CCC2)[C@H]1c1cc(Cl)c(OCc2ccccc2Cl)c(Cl)c1. The summed E-state index contributed by atoms with van der Waals surface area (Å²) in [6.07, 6.45) is 1.52. The first-order valence-corrected chi connectivity index (χ1v) is 11.3. The Hall–Kier alpha value is -2.67. The van der Waals surface area contributed by atoms with Crippen molar-refractivity contribution in [1.82, 2.24) is 0 Å². The van der Waals surface area contributed by atoms with E-state index in [0.717, 1.165) is 5.56 Å². The molecule has 9 heteroatoms. The molecule has 0 spiro atoms. The van der Waals surface area contributed by atoms with Gasteiger partial charge in [0.05, 0.1) is 23.1 Å². The van der Waals surface area contributed by atoms with Crippen LogP contribution in [0.4, 0.5) is 0 Å². The molecule has 2 aromatic rings. The molecule has 172 valence electrons. The molecule has 0 unspecified atom stereocenters. The molecule has 0 aromatic heterocycles. The minimum atomic E-state index is -0.818. The van der Waals surface area contributed by atoms with Gasteiger partial charge in [0.25, 0.3) is 0 Å². The Morgan fingerprint density at radius 3 is 2.48 bits per heavy atom. The second kappa shape index (κ2) is 9.67. The fourth-order valence-corrected chi connectivity index (χ4v) is 4.85. The van der Waals surface area contributed by atoms with Gasteiger partial charge < -0.3 is 19.9 Å². The average Bonchev–Trinajstić information content (AvgIpc) is 2.78. The van der Waals surface area contributed by atoms with Gasteiger partial charge in [0, 0.05) is 29.0 Å². The molecule has 0 amide bonds. The third-order valence-corrected chi connectivity index (χ3v) is 6.50. The van der Waals surface area contributed by atoms with E-state index in [1.807, 2.05) is 18.2 Å². The summed E-state index contributed by atoms with van der Waals surface area (Å²) < 4.78 is 16.4. The number of allylic oxidation sites excluding steroid dienone is 2. The van der Waals surface area contributed by atoms with Gasteiger partial charge in [-0.2, -0.15) is 0 Å². The van der Waals surface area contributed by atoms with E-state index in [2.05, 4.69) is 0 Å². The highest BCUT2D eigenvalue weighted by Gasteiger charge is 2.41. The number of benzene rings is 2. The van der Waals surface area contributed by atoms with E-state index in [1.165, 1.54) is 7.11 Å². The number of Topliss-reactive ketones (excluding diaryl/α,β-unsaturated/α-hetero) is 1. The van der Waals surface area contributed by atoms with Crippen LogP contribution in [0.15, 0.2) is 59.2 Å². The minimum absolute atomic E-state index is 0.0309. The highest BCUT2D eigenvalue weighted by Crippen LogP contribution is 2.46. The van der Waals surface area contributed by atoms with E-state index in [9.17, 15) is 9.59 Å². The molecule has 2 aliphatic rings. The Bertz CT molecular complexity index is 1180. The molecule has 1 aliphatic carbocycles. The molecule has 2 N–H and O–H groups in total. The molecule has 0 bridgehead atoms. The molecule has 6 nitrogen and oxygen atoms in total. The third kappa shape index (κ3) is 4.56. The second-order valence-corrected chi connectivity index (χ2v) is 8.83. The molecule has 33 heavy (non-hydrogen) atoms. The lowest BCUT2D eigenvalue weighted by molar-refractivity contribution is -0.136. The molecule has 0 fully saturated rings. The van der Waals surface area contributed by atoms with E-state index in [-0.39, 0.29) is 39.6 Å². The largest absolute Gasteiger partial charge is 0.486 e. The number of hydrogen-bond donors (Lipinski definition) is 1. The van der Waals surface area contributed by atoms with Crippen LogP contribution in [0.5, 0.6) is 5.75 Å². The first-order valence-electron chi connectivity index (χ1n) is 10.2. The number of ether oxygens (including phenoxy) is 3. The quantitative estimate of drug-likeness (QED) is 0.522. The summed E-state index contributed by atoms with van der Waals surface area (Å²) in [5, 5.41) is 0.982. The maximum atomic E-state index is 12.8. The number of rotatable bonds is 5. The lowest BCUT2D eigenvalue weighted by Gasteiger charge is -2.32. The summed E-state index contributed by atoms with van der Waals surface area (Å²) >= 11 is 19.3. The first-order chi connectivity index (χ1) is 15.8. The van der Waals surface area contributed by atoms with Crippen molar-refractivity contribution in [2.24, 2.45) is 5.73 Å². The summed E-state index contributed by atoms with van der Waals surface area (Å²) in [4.78, 5) is 25.4. The van der Waals surface area contributed by atoms with Crippen LogP contribution in [0.25, 0.3) is 0 Å². The molecule has 0 saturated carbocycles. The van der Waals surface area contributed by atoms with Crippen LogP contribution in [0.2, 0.25) is 15.1 Å². The highest BCUT2D eigenvalue weighted by atomic mass is 35.5. The zero-order valence-electron chi connectivity index (χ0n) is 17.6. The van der Waals surface area contributed by atoms with Gasteiger partial charge in [-0.1, -0.05) is 53.0 Å². The fourth-order valence-electron chi connectivity index (χ4n) is 4.05. The van der Waals surface area contributed by atoms with Crippen molar-refractivity contribution in [1.29, 1.82) is 0 Å². The smallest absolute Gasteiger partial charge is 0.340 e. The van der Waals surface area contributed by atoms with Crippen LogP contribution < -0.4 is 10.5 Å². The normalized spacial score (nSPS) is 18.1. The number of nitrogens with two attached hydrogens (primary N) is 1. The number of esters is 1. The van der Waals surface area contributed by atoms with E-state index >= 15 is 0 Å². The van der Waals surface area contributed by atoms with Crippen molar-refractivity contribution in [3.63, 3.8) is 0 Å². The lowest BCUT2D eigenvalue weighted by atomic mass is 9.77. The molecule has 2 aromatic carbocycles. The molecular weight excluding hydrogens is 489 g/mol. The van der Waals surface area contributed by atoms with Crippen molar-refractivity contribution in [2.45, 2.75) is 31.8 Å². The van der Waals surface area contributed by atoms with Crippen molar-refractivity contribution in [2.75, 3.05) is 7.11 Å². The minimum Gasteiger partial charge on any atom is -0.486 e. The summed E-state index contributed by atoms with van der Waals surface area (Å²) in [5.74, 6) is -1.04. The van der Waals surface area contributed by atoms with Gasteiger partial charge in [0.15, 0.2) is 11.5 Å². The van der Waals surface area contributed by atoms with Crippen LogP contribution in [-0.2, 0) is 25.7 Å². The van der Waals surface area contributed by atoms with Gasteiger partial charge in [0.1, 0.15) is 17.9 Å². The lowest BCUT2D eigenvalue weighted by Crippen LogP contribution is -2.31. The summed E-state index contributed by atoms with van der Waals surface area (Å²) in [5.41, 5.74) is 7.75. The number of carbonyl (C=O) groups excluding carboxylic acids is 2. The Kier molecular flexibility index (Phi) is 6.88. The molecule has 1 heterocycles. The van der Waals surface area contributed by atoms with Gasteiger partial charge in [0.2, 0.25) is 5.88 Å². The number of halogens is 3. The number of hydrogen-bond acceptors (Lipinski definition) is 6. The van der Waals surface area contributed by atoms with Crippen LogP contribution in [0.3, 0.4) is 0 Å².